The summed E-state index contributed by atoms with van der Waals surface area (Å²) in [4.78, 5) is 47.2. The van der Waals surface area contributed by atoms with Crippen LogP contribution in [0.4, 0.5) is 9.59 Å². The molecular formula is C56H104N6O10S4. The first kappa shape index (κ1) is 67.1. The quantitative estimate of drug-likeness (QED) is 0.0191. The van der Waals surface area contributed by atoms with Gasteiger partial charge in [0.2, 0.25) is 11.8 Å². The second-order valence-electron chi connectivity index (χ2n) is 20.8. The van der Waals surface area contributed by atoms with Crippen molar-refractivity contribution >= 4 is 69.0 Å². The Bertz CT molecular complexity index is 1370. The molecule has 442 valence electrons. The summed E-state index contributed by atoms with van der Waals surface area (Å²) in [5.41, 5.74) is 0. The van der Waals surface area contributed by atoms with E-state index in [9.17, 15) is 19.2 Å². The van der Waals surface area contributed by atoms with Gasteiger partial charge in [-0.25, -0.2) is 9.59 Å². The van der Waals surface area contributed by atoms with Crippen LogP contribution in [0.1, 0.15) is 180 Å². The lowest BCUT2D eigenvalue weighted by Crippen LogP contribution is -2.36. The molecule has 16 nitrogen and oxygen atoms in total. The summed E-state index contributed by atoms with van der Waals surface area (Å²) in [6.07, 6.45) is 33.4. The van der Waals surface area contributed by atoms with Crippen LogP contribution in [0.15, 0.2) is 0 Å². The molecule has 76 heavy (non-hydrogen) atoms. The molecule has 0 unspecified atom stereocenters. The molecule has 0 aromatic rings. The molecule has 0 bridgehead atoms. The minimum atomic E-state index is -0.0477. The number of hydrogen-bond acceptors (Lipinski definition) is 14. The molecule has 4 fully saturated rings. The standard InChI is InChI=1S/C56H104N6O10S4/c63-51(27-19-17-25-49-53-47(45-73-49)59-55(65)61-53)57-29-33-69-37-41-71-39-35-67-31-21-13-9-5-1-3-7-11-15-23-43-75-76-44-24-16-12-8-4-2-6-10-14-22-32-68-36-40-72-42-38-70-34-30-58-52(64)28-20-18-26-50-54-48(46-74-50)60-56(66)62-54/h47-50,53-54H,1-46H2,(H,57,63)(H,58,64)(H2,59,61,65)(H2,60,62,66)/t47-,48-,49-,50-,53-,54-/m0/s1. The van der Waals surface area contributed by atoms with Crippen LogP contribution >= 0.6 is 45.1 Å². The Labute approximate surface area is 475 Å². The predicted octanol–water partition coefficient (Wildman–Crippen LogP) is 9.95. The number of fused-ring (bicyclic) bond motifs is 2. The van der Waals surface area contributed by atoms with Gasteiger partial charge in [-0.05, 0) is 51.4 Å². The van der Waals surface area contributed by atoms with E-state index in [1.165, 1.54) is 127 Å². The lowest BCUT2D eigenvalue weighted by Gasteiger charge is -2.16. The summed E-state index contributed by atoms with van der Waals surface area (Å²) in [5, 5.41) is 18.8. The Morgan fingerprint density at radius 2 is 0.711 bits per heavy atom. The van der Waals surface area contributed by atoms with Crippen LogP contribution < -0.4 is 31.9 Å². The summed E-state index contributed by atoms with van der Waals surface area (Å²) < 4.78 is 33.8. The Balaban J connectivity index is 0.709. The van der Waals surface area contributed by atoms with E-state index in [0.29, 0.717) is 102 Å². The molecule has 0 aromatic carbocycles. The van der Waals surface area contributed by atoms with Crippen molar-refractivity contribution in [1.29, 1.82) is 0 Å². The van der Waals surface area contributed by atoms with Crippen molar-refractivity contribution in [2.24, 2.45) is 0 Å². The largest absolute Gasteiger partial charge is 0.379 e. The number of carbonyl (C=O) groups excluding carboxylic acids is 4. The van der Waals surface area contributed by atoms with Gasteiger partial charge in [0, 0.05) is 72.7 Å². The van der Waals surface area contributed by atoms with E-state index in [1.807, 2.05) is 23.5 Å². The monoisotopic (exact) mass is 1150 g/mol. The Hall–Kier alpha value is -1.36. The highest BCUT2D eigenvalue weighted by Gasteiger charge is 2.43. The van der Waals surface area contributed by atoms with Gasteiger partial charge in [-0.1, -0.05) is 137 Å². The molecule has 6 N–H and O–H groups in total. The van der Waals surface area contributed by atoms with Crippen LogP contribution in [0.25, 0.3) is 0 Å². The Morgan fingerprint density at radius 1 is 0.395 bits per heavy atom. The van der Waals surface area contributed by atoms with E-state index in [2.05, 4.69) is 53.5 Å². The molecule has 6 amide bonds. The molecule has 4 saturated heterocycles. The van der Waals surface area contributed by atoms with Crippen molar-refractivity contribution in [3.05, 3.63) is 0 Å². The molecule has 4 aliphatic heterocycles. The third kappa shape index (κ3) is 34.7. The summed E-state index contributed by atoms with van der Waals surface area (Å²) in [7, 11) is 4.18. The molecule has 0 aromatic heterocycles. The van der Waals surface area contributed by atoms with Crippen LogP contribution in [-0.2, 0) is 38.0 Å². The number of ether oxygens (including phenoxy) is 6. The second-order valence-corrected chi connectivity index (χ2v) is 26.1. The van der Waals surface area contributed by atoms with Crippen molar-refractivity contribution in [2.75, 3.05) is 115 Å². The fourth-order valence-electron chi connectivity index (χ4n) is 10.0. The number of unbranched alkanes of at least 4 members (excludes halogenated alkanes) is 20. The number of amides is 6. The Morgan fingerprint density at radius 3 is 1.08 bits per heavy atom. The summed E-state index contributed by atoms with van der Waals surface area (Å²) >= 11 is 3.84. The third-order valence-electron chi connectivity index (χ3n) is 14.4. The average Bonchev–Trinajstić information content (AvgIpc) is 4.19. The van der Waals surface area contributed by atoms with E-state index >= 15 is 0 Å². The minimum absolute atomic E-state index is 0.0477. The zero-order valence-electron chi connectivity index (χ0n) is 46.7. The average molecular weight is 1150 g/mol. The van der Waals surface area contributed by atoms with Gasteiger partial charge in [0.25, 0.3) is 0 Å². The molecule has 0 spiro atoms. The van der Waals surface area contributed by atoms with Crippen LogP contribution in [0.3, 0.4) is 0 Å². The van der Waals surface area contributed by atoms with Crippen molar-refractivity contribution in [1.82, 2.24) is 31.9 Å². The van der Waals surface area contributed by atoms with Gasteiger partial charge in [0.1, 0.15) is 0 Å². The highest BCUT2D eigenvalue weighted by Crippen LogP contribution is 2.34. The molecule has 4 rings (SSSR count). The van der Waals surface area contributed by atoms with Crippen LogP contribution in [0, 0.1) is 0 Å². The van der Waals surface area contributed by atoms with Crippen LogP contribution in [0.5, 0.6) is 0 Å². The first-order valence-electron chi connectivity index (χ1n) is 30.1. The van der Waals surface area contributed by atoms with E-state index in [0.717, 1.165) is 76.1 Å². The first-order valence-corrected chi connectivity index (χ1v) is 34.7. The molecule has 6 atom stereocenters. The molecule has 4 heterocycles. The normalized spacial score (nSPS) is 20.6. The third-order valence-corrected chi connectivity index (χ3v) is 20.0. The molecule has 4 aliphatic rings. The van der Waals surface area contributed by atoms with Gasteiger partial charge in [0.05, 0.1) is 90.2 Å². The predicted molar refractivity (Wildman–Crippen MR) is 316 cm³/mol. The fraction of sp³-hybridized carbons (Fsp3) is 0.929. The summed E-state index contributed by atoms with van der Waals surface area (Å²) in [5.74, 6) is 4.69. The van der Waals surface area contributed by atoms with Gasteiger partial charge in [-0.3, -0.25) is 9.59 Å². The molecule has 0 radical (unpaired) electrons. The lowest BCUT2D eigenvalue weighted by molar-refractivity contribution is -0.122. The number of urea groups is 2. The molecule has 0 saturated carbocycles. The minimum Gasteiger partial charge on any atom is -0.379 e. The topological polar surface area (TPSA) is 196 Å². The van der Waals surface area contributed by atoms with Crippen LogP contribution in [0.2, 0.25) is 0 Å². The number of thioether (sulfide) groups is 2. The maximum atomic E-state index is 12.1. The second kappa shape index (κ2) is 47.3. The van der Waals surface area contributed by atoms with Gasteiger partial charge < -0.3 is 60.3 Å². The lowest BCUT2D eigenvalue weighted by atomic mass is 10.0. The first-order chi connectivity index (χ1) is 37.5. The smallest absolute Gasteiger partial charge is 0.315 e. The maximum absolute atomic E-state index is 12.1. The number of carbonyl (C=O) groups is 4. The SMILES string of the molecule is O=C(CCCC[C@@H]1SC[C@@H]2NC(=O)N[C@@H]21)NCCOCCOCCOCCCCCCCCCCCCSSCCCCCCCCCCCCOCCOCCOCCNC(=O)CCCC[C@@H]1SC[C@@H]2NC(=O)N[C@@H]21. The highest BCUT2D eigenvalue weighted by atomic mass is 33.1. The van der Waals surface area contributed by atoms with Crippen molar-refractivity contribution in [3.8, 4) is 0 Å². The summed E-state index contributed by atoms with van der Waals surface area (Å²) in [6, 6.07) is 0.889. The fourth-order valence-corrected chi connectivity index (χ4v) is 15.4. The number of rotatable bonds is 55. The van der Waals surface area contributed by atoms with E-state index in [4.69, 9.17) is 28.4 Å². The van der Waals surface area contributed by atoms with E-state index in [1.54, 1.807) is 0 Å². The number of hydrogen-bond donors (Lipinski definition) is 6. The zero-order chi connectivity index (χ0) is 53.6. The van der Waals surface area contributed by atoms with Gasteiger partial charge in [0.15, 0.2) is 0 Å². The highest BCUT2D eigenvalue weighted by molar-refractivity contribution is 8.76. The summed E-state index contributed by atoms with van der Waals surface area (Å²) in [6.45, 7) is 8.16. The van der Waals surface area contributed by atoms with Gasteiger partial charge in [-0.2, -0.15) is 23.5 Å². The molecule has 20 heteroatoms. The molecule has 0 aliphatic carbocycles. The van der Waals surface area contributed by atoms with Gasteiger partial charge in [-0.15, -0.1) is 0 Å². The van der Waals surface area contributed by atoms with Crippen molar-refractivity contribution < 1.29 is 47.6 Å². The van der Waals surface area contributed by atoms with Crippen molar-refractivity contribution in [3.63, 3.8) is 0 Å². The zero-order valence-corrected chi connectivity index (χ0v) is 50.0. The Kier molecular flexibility index (Phi) is 41.8. The van der Waals surface area contributed by atoms with Crippen LogP contribution in [-0.4, -0.2) is 174 Å². The number of nitrogens with one attached hydrogen (secondary N) is 6. The van der Waals surface area contributed by atoms with Gasteiger partial charge >= 0.3 is 12.1 Å². The maximum Gasteiger partial charge on any atom is 0.315 e. The molecular weight excluding hydrogens is 1040 g/mol. The van der Waals surface area contributed by atoms with Crippen molar-refractivity contribution in [2.45, 2.75) is 214 Å². The van der Waals surface area contributed by atoms with E-state index < -0.39 is 0 Å². The van der Waals surface area contributed by atoms with E-state index in [-0.39, 0.29) is 48.0 Å².